The third kappa shape index (κ3) is 2.41. The average Bonchev–Trinajstić information content (AvgIpc) is 3.04. The molecule has 0 saturated heterocycles. The van der Waals surface area contributed by atoms with Crippen molar-refractivity contribution in [3.63, 3.8) is 0 Å². The summed E-state index contributed by atoms with van der Waals surface area (Å²) in [5, 5.41) is 11.0. The van der Waals surface area contributed by atoms with Crippen LogP contribution in [0.2, 0.25) is 0 Å². The summed E-state index contributed by atoms with van der Waals surface area (Å²) in [6.45, 7) is 0. The first-order valence-corrected chi connectivity index (χ1v) is 7.63. The third-order valence-electron chi connectivity index (χ3n) is 5.44. The number of hydrogen-bond acceptors (Lipinski definition) is 5. The largest absolute Gasteiger partial charge is 0.522 e. The smallest absolute Gasteiger partial charge is 0.424 e. The standard InChI is InChI=1S/C14H16F3N3O3/c15-14(16,17)23-9-3-8(4-9)10-19-20-11(22-10)12-1-2-13(5-12,6-12)18-7-21/h7-9H,1-6H2,(H,18,21). The highest BCUT2D eigenvalue weighted by Gasteiger charge is 2.64. The van der Waals surface area contributed by atoms with Gasteiger partial charge in [0.1, 0.15) is 0 Å². The SMILES string of the molecule is O=CNC12CCC(c3nnc(C4CC(OC(F)(F)F)C4)o3)(C1)C2. The lowest BCUT2D eigenvalue weighted by molar-refractivity contribution is -0.352. The molecule has 23 heavy (non-hydrogen) atoms. The van der Waals surface area contributed by atoms with Crippen LogP contribution in [-0.2, 0) is 14.9 Å². The zero-order chi connectivity index (χ0) is 16.3. The lowest BCUT2D eigenvalue weighted by Crippen LogP contribution is -2.55. The van der Waals surface area contributed by atoms with Gasteiger partial charge in [0.15, 0.2) is 0 Å². The van der Waals surface area contributed by atoms with Gasteiger partial charge in [-0.2, -0.15) is 0 Å². The van der Waals surface area contributed by atoms with E-state index in [1.165, 1.54) is 0 Å². The van der Waals surface area contributed by atoms with Gasteiger partial charge in [0, 0.05) is 11.5 Å². The van der Waals surface area contributed by atoms with E-state index in [9.17, 15) is 18.0 Å². The van der Waals surface area contributed by atoms with Gasteiger partial charge in [0.2, 0.25) is 18.2 Å². The Balaban J connectivity index is 1.38. The monoisotopic (exact) mass is 331 g/mol. The van der Waals surface area contributed by atoms with Crippen LogP contribution in [0, 0.1) is 0 Å². The third-order valence-corrected chi connectivity index (χ3v) is 5.44. The number of amides is 1. The Morgan fingerprint density at radius 3 is 2.65 bits per heavy atom. The average molecular weight is 331 g/mol. The number of halogens is 3. The van der Waals surface area contributed by atoms with E-state index >= 15 is 0 Å². The van der Waals surface area contributed by atoms with Crippen molar-refractivity contribution in [2.75, 3.05) is 0 Å². The summed E-state index contributed by atoms with van der Waals surface area (Å²) in [7, 11) is 0. The van der Waals surface area contributed by atoms with Gasteiger partial charge in [-0.25, -0.2) is 0 Å². The number of hydrogen-bond donors (Lipinski definition) is 1. The number of fused-ring (bicyclic) bond motifs is 1. The van der Waals surface area contributed by atoms with Crippen LogP contribution in [0.25, 0.3) is 0 Å². The number of aromatic nitrogens is 2. The molecule has 1 amide bonds. The minimum absolute atomic E-state index is 0.140. The van der Waals surface area contributed by atoms with Crippen molar-refractivity contribution in [2.24, 2.45) is 0 Å². The number of alkyl halides is 3. The molecule has 5 rings (SSSR count). The molecular formula is C14H16F3N3O3. The first-order chi connectivity index (χ1) is 10.8. The van der Waals surface area contributed by atoms with Crippen LogP contribution in [0.4, 0.5) is 13.2 Å². The van der Waals surface area contributed by atoms with Gasteiger partial charge in [0.25, 0.3) is 0 Å². The Morgan fingerprint density at radius 1 is 1.26 bits per heavy atom. The van der Waals surface area contributed by atoms with Gasteiger partial charge < -0.3 is 9.73 Å². The number of carbonyl (C=O) groups is 1. The van der Waals surface area contributed by atoms with Gasteiger partial charge in [-0.15, -0.1) is 23.4 Å². The zero-order valence-electron chi connectivity index (χ0n) is 12.2. The molecule has 4 fully saturated rings. The van der Waals surface area contributed by atoms with Crippen LogP contribution in [0.15, 0.2) is 4.42 Å². The lowest BCUT2D eigenvalue weighted by Gasteiger charge is -2.44. The Kier molecular flexibility index (Phi) is 3.04. The van der Waals surface area contributed by atoms with Crippen molar-refractivity contribution in [1.29, 1.82) is 0 Å². The summed E-state index contributed by atoms with van der Waals surface area (Å²) < 4.78 is 46.1. The van der Waals surface area contributed by atoms with E-state index in [0.717, 1.165) is 32.1 Å². The maximum absolute atomic E-state index is 12.1. The Bertz CT molecular complexity index is 618. The lowest BCUT2D eigenvalue weighted by atomic mass is 9.65. The fourth-order valence-electron chi connectivity index (χ4n) is 4.30. The van der Waals surface area contributed by atoms with Gasteiger partial charge in [0.05, 0.1) is 11.5 Å². The summed E-state index contributed by atoms with van der Waals surface area (Å²) in [4.78, 5) is 10.6. The van der Waals surface area contributed by atoms with E-state index in [4.69, 9.17) is 4.42 Å². The number of nitrogens with zero attached hydrogens (tertiary/aromatic N) is 2. The van der Waals surface area contributed by atoms with Crippen molar-refractivity contribution in [1.82, 2.24) is 15.5 Å². The van der Waals surface area contributed by atoms with Gasteiger partial charge >= 0.3 is 6.36 Å². The van der Waals surface area contributed by atoms with Crippen molar-refractivity contribution >= 4 is 6.41 Å². The summed E-state index contributed by atoms with van der Waals surface area (Å²) in [5.41, 5.74) is -0.314. The van der Waals surface area contributed by atoms with E-state index in [0.29, 0.717) is 11.8 Å². The van der Waals surface area contributed by atoms with E-state index in [1.807, 2.05) is 0 Å². The van der Waals surface area contributed by atoms with E-state index in [2.05, 4.69) is 20.3 Å². The molecular weight excluding hydrogens is 315 g/mol. The van der Waals surface area contributed by atoms with Crippen molar-refractivity contribution in [3.8, 4) is 0 Å². The van der Waals surface area contributed by atoms with Crippen LogP contribution in [-0.4, -0.2) is 34.6 Å². The molecule has 4 aliphatic carbocycles. The molecule has 1 heterocycles. The Labute approximate surface area is 129 Å². The van der Waals surface area contributed by atoms with Crippen LogP contribution >= 0.6 is 0 Å². The van der Waals surface area contributed by atoms with E-state index in [-0.39, 0.29) is 29.7 Å². The van der Waals surface area contributed by atoms with Gasteiger partial charge in [-0.1, -0.05) is 0 Å². The molecule has 0 unspecified atom stereocenters. The van der Waals surface area contributed by atoms with Crippen molar-refractivity contribution in [3.05, 3.63) is 11.8 Å². The highest BCUT2D eigenvalue weighted by atomic mass is 19.4. The molecule has 0 spiro atoms. The van der Waals surface area contributed by atoms with Gasteiger partial charge in [-0.3, -0.25) is 9.53 Å². The highest BCUT2D eigenvalue weighted by molar-refractivity contribution is 5.50. The first kappa shape index (κ1) is 14.9. The molecule has 0 radical (unpaired) electrons. The summed E-state index contributed by atoms with van der Waals surface area (Å²) in [5.74, 6) is 0.775. The quantitative estimate of drug-likeness (QED) is 0.837. The van der Waals surface area contributed by atoms with Crippen LogP contribution < -0.4 is 5.32 Å². The second kappa shape index (κ2) is 4.68. The minimum Gasteiger partial charge on any atom is -0.424 e. The predicted octanol–water partition coefficient (Wildman–Crippen LogP) is 2.16. The number of carbonyl (C=O) groups excluding carboxylic acids is 1. The molecule has 1 aromatic rings. The normalized spacial score (nSPS) is 38.7. The number of rotatable bonds is 5. The summed E-state index contributed by atoms with van der Waals surface area (Å²) >= 11 is 0. The van der Waals surface area contributed by atoms with E-state index in [1.54, 1.807) is 0 Å². The fourth-order valence-corrected chi connectivity index (χ4v) is 4.30. The van der Waals surface area contributed by atoms with Crippen LogP contribution in [0.5, 0.6) is 0 Å². The van der Waals surface area contributed by atoms with Crippen molar-refractivity contribution < 1.29 is 27.1 Å². The van der Waals surface area contributed by atoms with Crippen LogP contribution in [0.1, 0.15) is 56.2 Å². The molecule has 0 aromatic carbocycles. The Hall–Kier alpha value is -1.64. The predicted molar refractivity (Wildman–Crippen MR) is 69.3 cm³/mol. The Morgan fingerprint density at radius 2 is 2.00 bits per heavy atom. The van der Waals surface area contributed by atoms with Crippen LogP contribution in [0.3, 0.4) is 0 Å². The van der Waals surface area contributed by atoms with E-state index < -0.39 is 12.5 Å². The molecule has 126 valence electrons. The molecule has 1 aromatic heterocycles. The summed E-state index contributed by atoms with van der Waals surface area (Å²) in [6, 6.07) is 0. The highest BCUT2D eigenvalue weighted by Crippen LogP contribution is 2.62. The summed E-state index contributed by atoms with van der Waals surface area (Å²) in [6.07, 6.45) is -0.893. The maximum atomic E-state index is 12.1. The maximum Gasteiger partial charge on any atom is 0.522 e. The molecule has 6 nitrogen and oxygen atoms in total. The molecule has 9 heteroatoms. The fraction of sp³-hybridized carbons (Fsp3) is 0.786. The molecule has 2 bridgehead atoms. The van der Waals surface area contributed by atoms with Gasteiger partial charge in [-0.05, 0) is 38.5 Å². The second-order valence-electron chi connectivity index (χ2n) is 6.98. The first-order valence-electron chi connectivity index (χ1n) is 7.63. The minimum atomic E-state index is -4.60. The number of nitrogens with one attached hydrogen (secondary N) is 1. The van der Waals surface area contributed by atoms with Crippen molar-refractivity contribution in [2.45, 2.75) is 67.9 Å². The molecule has 0 atom stereocenters. The zero-order valence-corrected chi connectivity index (χ0v) is 12.2. The molecule has 1 N–H and O–H groups in total. The molecule has 4 saturated carbocycles. The number of ether oxygens (including phenoxy) is 1. The molecule has 4 aliphatic rings. The second-order valence-corrected chi connectivity index (χ2v) is 6.98. The molecule has 0 aliphatic heterocycles. The topological polar surface area (TPSA) is 77.2 Å².